The van der Waals surface area contributed by atoms with E-state index in [9.17, 15) is 8.42 Å². The maximum Gasteiger partial charge on any atom is 0.246 e. The smallest absolute Gasteiger partial charge is 0.246 e. The highest BCUT2D eigenvalue weighted by Gasteiger charge is 2.29. The number of hydrogen-bond donors (Lipinski definition) is 1. The zero-order valence-electron chi connectivity index (χ0n) is 11.7. The van der Waals surface area contributed by atoms with Crippen LogP contribution in [0.1, 0.15) is 25.8 Å². The monoisotopic (exact) mass is 293 g/mol. The molecule has 6 heteroatoms. The van der Waals surface area contributed by atoms with Crippen LogP contribution < -0.4 is 0 Å². The number of H-pyrrole nitrogens is 1. The highest BCUT2D eigenvalue weighted by Crippen LogP contribution is 2.21. The molecule has 0 aliphatic heterocycles. The molecule has 1 atom stereocenters. The third-order valence-corrected chi connectivity index (χ3v) is 5.27. The molecular weight excluding hydrogens is 274 g/mol. The lowest BCUT2D eigenvalue weighted by Crippen LogP contribution is -2.37. The van der Waals surface area contributed by atoms with E-state index in [2.05, 4.69) is 10.2 Å². The van der Waals surface area contributed by atoms with E-state index in [1.165, 1.54) is 16.7 Å². The highest BCUT2D eigenvalue weighted by atomic mass is 32.2. The van der Waals surface area contributed by atoms with Crippen LogP contribution in [-0.2, 0) is 16.6 Å². The molecule has 1 aromatic carbocycles. The Bertz CT molecular complexity index is 624. The molecule has 0 aliphatic rings. The van der Waals surface area contributed by atoms with Crippen molar-refractivity contribution >= 4 is 10.0 Å². The van der Waals surface area contributed by atoms with Crippen molar-refractivity contribution < 1.29 is 8.42 Å². The Balaban J connectivity index is 2.34. The average molecular weight is 293 g/mol. The summed E-state index contributed by atoms with van der Waals surface area (Å²) in [7, 11) is -3.53. The minimum absolute atomic E-state index is 0.0740. The molecule has 0 spiro atoms. The molecule has 20 heavy (non-hydrogen) atoms. The van der Waals surface area contributed by atoms with Gasteiger partial charge in [0.05, 0.1) is 6.20 Å². The van der Waals surface area contributed by atoms with Gasteiger partial charge < -0.3 is 0 Å². The van der Waals surface area contributed by atoms with Gasteiger partial charge in [-0.1, -0.05) is 37.3 Å². The standard InChI is InChI=1S/C14H19N3O2S/c1-3-12(2)17(11-13-7-5-4-6-8-13)20(18,19)14-9-15-16-10-14/h4-10,12H,3,11H2,1-2H3,(H,15,16). The summed E-state index contributed by atoms with van der Waals surface area (Å²) in [6.07, 6.45) is 3.51. The second kappa shape index (κ2) is 6.19. The first-order chi connectivity index (χ1) is 9.55. The van der Waals surface area contributed by atoms with Crippen LogP contribution in [0, 0.1) is 0 Å². The van der Waals surface area contributed by atoms with E-state index in [1.54, 1.807) is 0 Å². The molecule has 1 aromatic heterocycles. The van der Waals surface area contributed by atoms with Crippen LogP contribution >= 0.6 is 0 Å². The largest absolute Gasteiger partial charge is 0.284 e. The second-order valence-corrected chi connectivity index (χ2v) is 6.62. The van der Waals surface area contributed by atoms with Crippen molar-refractivity contribution in [3.8, 4) is 0 Å². The van der Waals surface area contributed by atoms with Gasteiger partial charge in [-0.3, -0.25) is 5.10 Å². The van der Waals surface area contributed by atoms with Gasteiger partial charge in [0.15, 0.2) is 0 Å². The van der Waals surface area contributed by atoms with E-state index in [4.69, 9.17) is 0 Å². The third kappa shape index (κ3) is 3.08. The lowest BCUT2D eigenvalue weighted by atomic mass is 10.2. The van der Waals surface area contributed by atoms with Gasteiger partial charge in [-0.2, -0.15) is 9.40 Å². The van der Waals surface area contributed by atoms with Crippen LogP contribution in [0.4, 0.5) is 0 Å². The molecule has 2 rings (SSSR count). The van der Waals surface area contributed by atoms with Crippen molar-refractivity contribution in [2.24, 2.45) is 0 Å². The van der Waals surface area contributed by atoms with Crippen molar-refractivity contribution in [1.29, 1.82) is 0 Å². The summed E-state index contributed by atoms with van der Waals surface area (Å²) in [5, 5.41) is 6.29. The molecule has 0 saturated carbocycles. The lowest BCUT2D eigenvalue weighted by Gasteiger charge is -2.27. The molecule has 5 nitrogen and oxygen atoms in total. The fourth-order valence-electron chi connectivity index (χ4n) is 1.96. The van der Waals surface area contributed by atoms with E-state index in [-0.39, 0.29) is 10.9 Å². The number of benzene rings is 1. The quantitative estimate of drug-likeness (QED) is 0.889. The van der Waals surface area contributed by atoms with Crippen molar-refractivity contribution in [2.45, 2.75) is 37.8 Å². The molecule has 0 radical (unpaired) electrons. The molecule has 0 fully saturated rings. The van der Waals surface area contributed by atoms with Crippen molar-refractivity contribution in [2.75, 3.05) is 0 Å². The van der Waals surface area contributed by atoms with Crippen LogP contribution in [0.2, 0.25) is 0 Å². The third-order valence-electron chi connectivity index (χ3n) is 3.34. The fraction of sp³-hybridized carbons (Fsp3) is 0.357. The first-order valence-electron chi connectivity index (χ1n) is 6.60. The Morgan fingerprint density at radius 2 is 2.00 bits per heavy atom. The second-order valence-electron chi connectivity index (χ2n) is 4.73. The topological polar surface area (TPSA) is 66.1 Å². The zero-order valence-corrected chi connectivity index (χ0v) is 12.5. The molecule has 1 heterocycles. The van der Waals surface area contributed by atoms with Gasteiger partial charge in [0.1, 0.15) is 4.90 Å². The van der Waals surface area contributed by atoms with Crippen molar-refractivity contribution in [3.05, 3.63) is 48.3 Å². The summed E-state index contributed by atoms with van der Waals surface area (Å²) >= 11 is 0. The van der Waals surface area contributed by atoms with E-state index in [0.29, 0.717) is 6.54 Å². The van der Waals surface area contributed by atoms with Crippen molar-refractivity contribution in [3.63, 3.8) is 0 Å². The normalized spacial score (nSPS) is 13.6. The maximum absolute atomic E-state index is 12.7. The van der Waals surface area contributed by atoms with Gasteiger partial charge in [-0.05, 0) is 18.9 Å². The highest BCUT2D eigenvalue weighted by molar-refractivity contribution is 7.89. The number of nitrogens with one attached hydrogen (secondary N) is 1. The number of sulfonamides is 1. The maximum atomic E-state index is 12.7. The molecule has 108 valence electrons. The predicted molar refractivity (Wildman–Crippen MR) is 77.5 cm³/mol. The zero-order chi connectivity index (χ0) is 14.6. The van der Waals surface area contributed by atoms with Crippen LogP contribution in [0.25, 0.3) is 0 Å². The van der Waals surface area contributed by atoms with Gasteiger partial charge in [-0.15, -0.1) is 0 Å². The molecule has 0 amide bonds. The number of aromatic nitrogens is 2. The summed E-state index contributed by atoms with van der Waals surface area (Å²) in [4.78, 5) is 0.203. The summed E-state index contributed by atoms with van der Waals surface area (Å²) in [5.41, 5.74) is 0.972. The number of aromatic amines is 1. The van der Waals surface area contributed by atoms with E-state index in [0.717, 1.165) is 12.0 Å². The Hall–Kier alpha value is -1.66. The Morgan fingerprint density at radius 3 is 2.55 bits per heavy atom. The van der Waals surface area contributed by atoms with Gasteiger partial charge in [0.2, 0.25) is 10.0 Å². The van der Waals surface area contributed by atoms with Crippen molar-refractivity contribution in [1.82, 2.24) is 14.5 Å². The fourth-order valence-corrected chi connectivity index (χ4v) is 3.56. The Kier molecular flexibility index (Phi) is 4.57. The van der Waals surface area contributed by atoms with Gasteiger partial charge in [0.25, 0.3) is 0 Å². The molecule has 0 saturated heterocycles. The van der Waals surface area contributed by atoms with Crippen LogP contribution in [0.3, 0.4) is 0 Å². The van der Waals surface area contributed by atoms with Gasteiger partial charge in [0, 0.05) is 18.8 Å². The van der Waals surface area contributed by atoms with E-state index in [1.807, 2.05) is 44.2 Å². The van der Waals surface area contributed by atoms with Crippen LogP contribution in [0.5, 0.6) is 0 Å². The number of rotatable bonds is 6. The van der Waals surface area contributed by atoms with Gasteiger partial charge in [-0.25, -0.2) is 8.42 Å². The predicted octanol–water partition coefficient (Wildman–Crippen LogP) is 2.40. The Morgan fingerprint density at radius 1 is 1.30 bits per heavy atom. The van der Waals surface area contributed by atoms with Crippen LogP contribution in [-0.4, -0.2) is 29.0 Å². The summed E-state index contributed by atoms with van der Waals surface area (Å²) in [6.45, 7) is 4.26. The van der Waals surface area contributed by atoms with Crippen LogP contribution in [0.15, 0.2) is 47.6 Å². The molecule has 1 N–H and O–H groups in total. The lowest BCUT2D eigenvalue weighted by molar-refractivity contribution is 0.323. The van der Waals surface area contributed by atoms with E-state index < -0.39 is 10.0 Å². The summed E-state index contributed by atoms with van der Waals surface area (Å²) in [6, 6.07) is 9.53. The minimum atomic E-state index is -3.53. The molecule has 0 bridgehead atoms. The van der Waals surface area contributed by atoms with Gasteiger partial charge >= 0.3 is 0 Å². The molecule has 2 aromatic rings. The number of nitrogens with zero attached hydrogens (tertiary/aromatic N) is 2. The molecular formula is C14H19N3O2S. The molecule has 1 unspecified atom stereocenters. The first-order valence-corrected chi connectivity index (χ1v) is 8.04. The summed E-state index contributed by atoms with van der Waals surface area (Å²) < 4.78 is 26.8. The first kappa shape index (κ1) is 14.7. The average Bonchev–Trinajstić information content (AvgIpc) is 3.00. The molecule has 0 aliphatic carbocycles. The SMILES string of the molecule is CCC(C)N(Cc1ccccc1)S(=O)(=O)c1cn[nH]c1. The summed E-state index contributed by atoms with van der Waals surface area (Å²) in [5.74, 6) is 0. The minimum Gasteiger partial charge on any atom is -0.284 e. The Labute approximate surface area is 119 Å². The number of hydrogen-bond acceptors (Lipinski definition) is 3. The van der Waals surface area contributed by atoms with E-state index >= 15 is 0 Å².